The Labute approximate surface area is 161 Å². The number of likely N-dealkylation sites (tertiary alicyclic amines) is 1. The van der Waals surface area contributed by atoms with E-state index in [9.17, 15) is 14.0 Å². The van der Waals surface area contributed by atoms with E-state index in [4.69, 9.17) is 20.3 Å². The molecule has 148 valence electrons. The van der Waals surface area contributed by atoms with Crippen molar-refractivity contribution in [3.8, 4) is 11.5 Å². The van der Waals surface area contributed by atoms with Crippen LogP contribution in [0.2, 0.25) is 0 Å². The highest BCUT2D eigenvalue weighted by Crippen LogP contribution is 2.29. The summed E-state index contributed by atoms with van der Waals surface area (Å²) in [6, 6.07) is 14.1. The first-order valence-electron chi connectivity index (χ1n) is 8.83. The number of carbonyl (C=O) groups excluding carboxylic acids is 1. The van der Waals surface area contributed by atoms with Crippen molar-refractivity contribution >= 4 is 12.0 Å². The number of hydrogen-bond acceptors (Lipinski definition) is 4. The molecule has 0 unspecified atom stereocenters. The van der Waals surface area contributed by atoms with Crippen molar-refractivity contribution < 1.29 is 28.6 Å². The third kappa shape index (κ3) is 4.70. The SMILES string of the molecule is NC(=O)c1ccc(OCc2ccccc2)cc1O[C@@H]1CCN(C(=O)O)C[C@@H]1F. The van der Waals surface area contributed by atoms with Crippen LogP contribution in [0, 0.1) is 0 Å². The van der Waals surface area contributed by atoms with Crippen molar-refractivity contribution in [2.24, 2.45) is 5.73 Å². The second-order valence-corrected chi connectivity index (χ2v) is 6.49. The van der Waals surface area contributed by atoms with Crippen LogP contribution in [0.15, 0.2) is 48.5 Å². The summed E-state index contributed by atoms with van der Waals surface area (Å²) >= 11 is 0. The molecule has 0 saturated carbocycles. The number of nitrogens with zero attached hydrogens (tertiary/aromatic N) is 1. The van der Waals surface area contributed by atoms with Gasteiger partial charge in [0, 0.05) is 19.0 Å². The van der Waals surface area contributed by atoms with E-state index in [1.54, 1.807) is 6.07 Å². The first-order valence-corrected chi connectivity index (χ1v) is 8.83. The fourth-order valence-electron chi connectivity index (χ4n) is 2.99. The molecule has 3 N–H and O–H groups in total. The minimum Gasteiger partial charge on any atom is -0.489 e. The van der Waals surface area contributed by atoms with E-state index in [2.05, 4.69) is 0 Å². The number of carbonyl (C=O) groups is 2. The van der Waals surface area contributed by atoms with E-state index in [0.29, 0.717) is 12.4 Å². The van der Waals surface area contributed by atoms with Crippen LogP contribution < -0.4 is 15.2 Å². The molecule has 1 fully saturated rings. The van der Waals surface area contributed by atoms with Gasteiger partial charge in [-0.1, -0.05) is 30.3 Å². The van der Waals surface area contributed by atoms with Gasteiger partial charge in [-0.25, -0.2) is 9.18 Å². The molecule has 0 aromatic heterocycles. The third-order valence-corrected chi connectivity index (χ3v) is 4.50. The molecule has 7 nitrogen and oxygen atoms in total. The zero-order valence-corrected chi connectivity index (χ0v) is 15.1. The van der Waals surface area contributed by atoms with Crippen LogP contribution in [0.3, 0.4) is 0 Å². The van der Waals surface area contributed by atoms with E-state index in [1.165, 1.54) is 12.1 Å². The molecule has 1 aliphatic heterocycles. The molecule has 3 rings (SSSR count). The Bertz CT molecular complexity index is 846. The van der Waals surface area contributed by atoms with E-state index in [-0.39, 0.29) is 30.8 Å². The first-order chi connectivity index (χ1) is 13.4. The highest BCUT2D eigenvalue weighted by Gasteiger charge is 2.33. The number of carboxylic acid groups (broad SMARTS) is 1. The monoisotopic (exact) mass is 388 g/mol. The lowest BCUT2D eigenvalue weighted by atomic mass is 10.1. The van der Waals surface area contributed by atoms with Gasteiger partial charge >= 0.3 is 6.09 Å². The molecule has 2 amide bonds. The van der Waals surface area contributed by atoms with Crippen molar-refractivity contribution in [3.63, 3.8) is 0 Å². The van der Waals surface area contributed by atoms with Crippen LogP contribution >= 0.6 is 0 Å². The van der Waals surface area contributed by atoms with Gasteiger partial charge in [0.2, 0.25) is 0 Å². The minimum atomic E-state index is -1.51. The zero-order valence-electron chi connectivity index (χ0n) is 15.1. The number of benzene rings is 2. The van der Waals surface area contributed by atoms with Crippen LogP contribution in [-0.2, 0) is 6.61 Å². The van der Waals surface area contributed by atoms with Crippen LogP contribution in [0.4, 0.5) is 9.18 Å². The lowest BCUT2D eigenvalue weighted by Gasteiger charge is -2.33. The molecule has 28 heavy (non-hydrogen) atoms. The summed E-state index contributed by atoms with van der Waals surface area (Å²) in [5, 5.41) is 8.98. The van der Waals surface area contributed by atoms with Gasteiger partial charge in [-0.2, -0.15) is 0 Å². The standard InChI is InChI=1S/C20H21FN2O5/c21-16-11-23(20(25)26)9-8-17(16)28-18-10-14(6-7-15(18)19(22)24)27-12-13-4-2-1-3-5-13/h1-7,10,16-17H,8-9,11-12H2,(H2,22,24)(H,25,26)/t16-,17+/m0/s1. The summed E-state index contributed by atoms with van der Waals surface area (Å²) in [5.74, 6) is -0.139. The molecule has 0 spiro atoms. The van der Waals surface area contributed by atoms with Gasteiger partial charge in [0.1, 0.15) is 24.2 Å². The van der Waals surface area contributed by atoms with E-state index in [0.717, 1.165) is 10.5 Å². The van der Waals surface area contributed by atoms with Gasteiger partial charge in [0.05, 0.1) is 12.1 Å². The third-order valence-electron chi connectivity index (χ3n) is 4.50. The highest BCUT2D eigenvalue weighted by molar-refractivity contribution is 5.95. The van der Waals surface area contributed by atoms with E-state index < -0.39 is 24.3 Å². The molecule has 1 heterocycles. The Kier molecular flexibility index (Phi) is 5.98. The van der Waals surface area contributed by atoms with E-state index in [1.807, 2.05) is 30.3 Å². The van der Waals surface area contributed by atoms with Crippen LogP contribution in [-0.4, -0.2) is 47.4 Å². The van der Waals surface area contributed by atoms with Crippen LogP contribution in [0.1, 0.15) is 22.3 Å². The molecule has 2 atom stereocenters. The molecule has 0 aliphatic carbocycles. The number of halogens is 1. The molecule has 1 saturated heterocycles. The van der Waals surface area contributed by atoms with Crippen molar-refractivity contribution in [3.05, 3.63) is 59.7 Å². The number of primary amides is 1. The summed E-state index contributed by atoms with van der Waals surface area (Å²) in [5.41, 5.74) is 6.47. The van der Waals surface area contributed by atoms with Crippen molar-refractivity contribution in [1.82, 2.24) is 4.90 Å². The average molecular weight is 388 g/mol. The molecule has 8 heteroatoms. The smallest absolute Gasteiger partial charge is 0.407 e. The lowest BCUT2D eigenvalue weighted by molar-refractivity contribution is 0.0244. The number of piperidine rings is 1. The number of alkyl halides is 1. The number of ether oxygens (including phenoxy) is 2. The second-order valence-electron chi connectivity index (χ2n) is 6.49. The van der Waals surface area contributed by atoms with E-state index >= 15 is 0 Å². The quantitative estimate of drug-likeness (QED) is 0.792. The molecule has 2 aromatic carbocycles. The molecule has 2 aromatic rings. The second kappa shape index (κ2) is 8.60. The first kappa shape index (κ1) is 19.5. The summed E-state index contributed by atoms with van der Waals surface area (Å²) < 4.78 is 25.8. The Morgan fingerprint density at radius 3 is 2.61 bits per heavy atom. The number of rotatable bonds is 6. The molecule has 0 bridgehead atoms. The topological polar surface area (TPSA) is 102 Å². The maximum atomic E-state index is 14.4. The largest absolute Gasteiger partial charge is 0.489 e. The normalized spacial score (nSPS) is 19.1. The fourth-order valence-corrected chi connectivity index (χ4v) is 2.99. The number of amides is 2. The summed E-state index contributed by atoms with van der Waals surface area (Å²) in [6.45, 7) is 0.186. The summed E-state index contributed by atoms with van der Waals surface area (Å²) in [4.78, 5) is 23.7. The van der Waals surface area contributed by atoms with Gasteiger partial charge in [-0.3, -0.25) is 4.79 Å². The van der Waals surface area contributed by atoms with Crippen molar-refractivity contribution in [2.45, 2.75) is 25.3 Å². The maximum Gasteiger partial charge on any atom is 0.407 e. The Hall–Kier alpha value is -3.29. The maximum absolute atomic E-state index is 14.4. The van der Waals surface area contributed by atoms with Crippen LogP contribution in [0.5, 0.6) is 11.5 Å². The summed E-state index contributed by atoms with van der Waals surface area (Å²) in [7, 11) is 0. The van der Waals surface area contributed by atoms with Gasteiger partial charge in [0.25, 0.3) is 5.91 Å². The molecular formula is C20H21FN2O5. The molecule has 0 radical (unpaired) electrons. The Morgan fingerprint density at radius 1 is 1.21 bits per heavy atom. The van der Waals surface area contributed by atoms with Gasteiger partial charge in [-0.15, -0.1) is 0 Å². The number of hydrogen-bond donors (Lipinski definition) is 2. The fraction of sp³-hybridized carbons (Fsp3) is 0.300. The van der Waals surface area contributed by atoms with Crippen molar-refractivity contribution in [2.75, 3.05) is 13.1 Å². The van der Waals surface area contributed by atoms with Crippen LogP contribution in [0.25, 0.3) is 0 Å². The number of nitrogens with two attached hydrogens (primary N) is 1. The highest BCUT2D eigenvalue weighted by atomic mass is 19.1. The predicted octanol–water partition coefficient (Wildman–Crippen LogP) is 2.83. The Morgan fingerprint density at radius 2 is 1.96 bits per heavy atom. The average Bonchev–Trinajstić information content (AvgIpc) is 2.68. The molecular weight excluding hydrogens is 367 g/mol. The van der Waals surface area contributed by atoms with Gasteiger partial charge in [-0.05, 0) is 17.7 Å². The summed E-state index contributed by atoms with van der Waals surface area (Å²) in [6.07, 6.45) is -3.39. The minimum absolute atomic E-state index is 0.111. The Balaban J connectivity index is 1.73. The van der Waals surface area contributed by atoms with Gasteiger partial charge in [0.15, 0.2) is 6.17 Å². The molecule has 1 aliphatic rings. The predicted molar refractivity (Wildman–Crippen MR) is 99.3 cm³/mol. The lowest BCUT2D eigenvalue weighted by Crippen LogP contribution is -2.48. The zero-order chi connectivity index (χ0) is 20.1. The van der Waals surface area contributed by atoms with Gasteiger partial charge < -0.3 is 25.2 Å². The van der Waals surface area contributed by atoms with Crippen molar-refractivity contribution in [1.29, 1.82) is 0 Å².